The Morgan fingerprint density at radius 3 is 2.14 bits per heavy atom. The summed E-state index contributed by atoms with van der Waals surface area (Å²) in [5.41, 5.74) is 3.04. The molecular weight excluding hydrogens is 490 g/mol. The van der Waals surface area contributed by atoms with Gasteiger partial charge in [-0.05, 0) is 68.3 Å². The summed E-state index contributed by atoms with van der Waals surface area (Å²) >= 11 is 0. The first-order valence-electron chi connectivity index (χ1n) is 11.9. The highest BCUT2D eigenvalue weighted by atomic mass is 32.2. The molecule has 3 aromatic carbocycles. The van der Waals surface area contributed by atoms with Crippen molar-refractivity contribution in [3.05, 3.63) is 89.5 Å². The Morgan fingerprint density at radius 1 is 0.946 bits per heavy atom. The third-order valence-corrected chi connectivity index (χ3v) is 8.05. The van der Waals surface area contributed by atoms with Crippen molar-refractivity contribution < 1.29 is 22.7 Å². The van der Waals surface area contributed by atoms with Crippen molar-refractivity contribution in [1.82, 2.24) is 10.2 Å². The molecule has 3 aromatic rings. The van der Waals surface area contributed by atoms with Crippen molar-refractivity contribution in [3.8, 4) is 5.75 Å². The van der Waals surface area contributed by atoms with Gasteiger partial charge in [0.15, 0.2) is 0 Å². The minimum atomic E-state index is -4.11. The molecule has 2 amide bonds. The zero-order valence-electron chi connectivity index (χ0n) is 21.8. The van der Waals surface area contributed by atoms with Crippen molar-refractivity contribution in [3.63, 3.8) is 0 Å². The molecule has 0 aliphatic heterocycles. The topological polar surface area (TPSA) is 96.0 Å². The standard InChI is InChI=1S/C28H33N3O5S/c1-20-10-16-26(17-11-20)37(34,35)31(24-12-14-25(36-5)15-13-24)19-27(32)30(22(3)28(33)29-4)18-23-9-7-6-8-21(23)2/h6-17,22H,18-19H2,1-5H3,(H,29,33)/t22-/m0/s1. The third-order valence-electron chi connectivity index (χ3n) is 6.26. The molecule has 0 bridgehead atoms. The molecule has 9 heteroatoms. The predicted molar refractivity (Wildman–Crippen MR) is 144 cm³/mol. The second-order valence-corrected chi connectivity index (χ2v) is 10.6. The summed E-state index contributed by atoms with van der Waals surface area (Å²) in [7, 11) is -1.09. The predicted octanol–water partition coefficient (Wildman–Crippen LogP) is 3.67. The SMILES string of the molecule is CNC(=O)[C@H](C)N(Cc1ccccc1C)C(=O)CN(c1ccc(OC)cc1)S(=O)(=O)c1ccc(C)cc1. The second-order valence-electron chi connectivity index (χ2n) is 8.76. The third kappa shape index (κ3) is 6.48. The molecule has 3 rings (SSSR count). The maximum Gasteiger partial charge on any atom is 0.264 e. The average molecular weight is 524 g/mol. The lowest BCUT2D eigenvalue weighted by molar-refractivity contribution is -0.139. The van der Waals surface area contributed by atoms with Gasteiger partial charge in [-0.3, -0.25) is 13.9 Å². The minimum Gasteiger partial charge on any atom is -0.497 e. The van der Waals surface area contributed by atoms with Gasteiger partial charge in [-0.15, -0.1) is 0 Å². The first-order valence-corrected chi connectivity index (χ1v) is 13.3. The first-order chi connectivity index (χ1) is 17.6. The smallest absolute Gasteiger partial charge is 0.264 e. The Balaban J connectivity index is 2.04. The van der Waals surface area contributed by atoms with Gasteiger partial charge >= 0.3 is 0 Å². The molecule has 1 N–H and O–H groups in total. The number of amides is 2. The van der Waals surface area contributed by atoms with E-state index >= 15 is 0 Å². The van der Waals surface area contributed by atoms with Crippen LogP contribution in [0.3, 0.4) is 0 Å². The summed E-state index contributed by atoms with van der Waals surface area (Å²) < 4.78 is 33.8. The lowest BCUT2D eigenvalue weighted by atomic mass is 10.1. The molecule has 0 saturated heterocycles. The number of sulfonamides is 1. The van der Waals surface area contributed by atoms with Crippen LogP contribution in [0.2, 0.25) is 0 Å². The summed E-state index contributed by atoms with van der Waals surface area (Å²) in [6.07, 6.45) is 0. The zero-order chi connectivity index (χ0) is 27.2. The Labute approximate surface area is 218 Å². The number of carbonyl (C=O) groups is 2. The highest BCUT2D eigenvalue weighted by Gasteiger charge is 2.32. The maximum absolute atomic E-state index is 13.8. The molecule has 0 radical (unpaired) electrons. The van der Waals surface area contributed by atoms with Crippen LogP contribution in [-0.4, -0.2) is 51.9 Å². The maximum atomic E-state index is 13.8. The van der Waals surface area contributed by atoms with Gasteiger partial charge in [0.1, 0.15) is 18.3 Å². The van der Waals surface area contributed by atoms with E-state index < -0.39 is 28.5 Å². The fraction of sp³-hybridized carbons (Fsp3) is 0.286. The summed E-state index contributed by atoms with van der Waals surface area (Å²) in [4.78, 5) is 27.8. The Hall–Kier alpha value is -3.85. The molecule has 0 aromatic heterocycles. The monoisotopic (exact) mass is 523 g/mol. The van der Waals surface area contributed by atoms with Crippen LogP contribution >= 0.6 is 0 Å². The number of aryl methyl sites for hydroxylation is 2. The van der Waals surface area contributed by atoms with Gasteiger partial charge in [-0.2, -0.15) is 0 Å². The summed E-state index contributed by atoms with van der Waals surface area (Å²) in [5, 5.41) is 2.58. The van der Waals surface area contributed by atoms with E-state index in [4.69, 9.17) is 4.74 Å². The normalized spacial score (nSPS) is 11.9. The second kappa shape index (κ2) is 11.9. The number of nitrogens with zero attached hydrogens (tertiary/aromatic N) is 2. The number of ether oxygens (including phenoxy) is 1. The van der Waals surface area contributed by atoms with E-state index in [-0.39, 0.29) is 17.3 Å². The largest absolute Gasteiger partial charge is 0.497 e. The van der Waals surface area contributed by atoms with Crippen LogP contribution in [-0.2, 0) is 26.2 Å². The molecule has 0 fully saturated rings. The number of benzene rings is 3. The molecule has 0 unspecified atom stereocenters. The van der Waals surface area contributed by atoms with Gasteiger partial charge in [-0.1, -0.05) is 42.0 Å². The molecule has 0 saturated carbocycles. The summed E-state index contributed by atoms with van der Waals surface area (Å²) in [5.74, 6) is -0.303. The van der Waals surface area contributed by atoms with Gasteiger partial charge in [0.05, 0.1) is 17.7 Å². The van der Waals surface area contributed by atoms with E-state index in [1.807, 2.05) is 38.1 Å². The molecule has 8 nitrogen and oxygen atoms in total. The van der Waals surface area contributed by atoms with Crippen molar-refractivity contribution in [2.45, 2.75) is 38.3 Å². The van der Waals surface area contributed by atoms with Gasteiger partial charge in [0.25, 0.3) is 10.0 Å². The van der Waals surface area contributed by atoms with E-state index in [2.05, 4.69) is 5.32 Å². The molecule has 37 heavy (non-hydrogen) atoms. The van der Waals surface area contributed by atoms with Crippen LogP contribution < -0.4 is 14.4 Å². The van der Waals surface area contributed by atoms with Gasteiger partial charge < -0.3 is 15.0 Å². The van der Waals surface area contributed by atoms with Crippen molar-refractivity contribution in [2.24, 2.45) is 0 Å². The molecule has 0 aliphatic rings. The van der Waals surface area contributed by atoms with Crippen molar-refractivity contribution >= 4 is 27.5 Å². The number of likely N-dealkylation sites (N-methyl/N-ethyl adjacent to an activating group) is 1. The molecule has 1 atom stereocenters. The van der Waals surface area contributed by atoms with Crippen LogP contribution in [0.25, 0.3) is 0 Å². The van der Waals surface area contributed by atoms with Crippen molar-refractivity contribution in [1.29, 1.82) is 0 Å². The van der Waals surface area contributed by atoms with Crippen LogP contribution in [0, 0.1) is 13.8 Å². The highest BCUT2D eigenvalue weighted by molar-refractivity contribution is 7.92. The molecular formula is C28H33N3O5S. The average Bonchev–Trinajstić information content (AvgIpc) is 2.90. The van der Waals surface area contributed by atoms with Crippen LogP contribution in [0.4, 0.5) is 5.69 Å². The van der Waals surface area contributed by atoms with E-state index in [0.29, 0.717) is 11.4 Å². The summed E-state index contributed by atoms with van der Waals surface area (Å²) in [6, 6.07) is 19.6. The van der Waals surface area contributed by atoms with Crippen molar-refractivity contribution in [2.75, 3.05) is 25.0 Å². The van der Waals surface area contributed by atoms with Crippen LogP contribution in [0.1, 0.15) is 23.6 Å². The number of hydrogen-bond acceptors (Lipinski definition) is 5. The lowest BCUT2D eigenvalue weighted by Crippen LogP contribution is -2.50. The van der Waals surface area contributed by atoms with E-state index in [9.17, 15) is 18.0 Å². The number of hydrogen-bond donors (Lipinski definition) is 1. The fourth-order valence-electron chi connectivity index (χ4n) is 3.88. The minimum absolute atomic E-state index is 0.0616. The number of rotatable bonds is 10. The fourth-order valence-corrected chi connectivity index (χ4v) is 5.29. The van der Waals surface area contributed by atoms with Gasteiger partial charge in [-0.25, -0.2) is 8.42 Å². The number of carbonyl (C=O) groups excluding carboxylic acids is 2. The zero-order valence-corrected chi connectivity index (χ0v) is 22.6. The Morgan fingerprint density at radius 2 is 1.57 bits per heavy atom. The van der Waals surface area contributed by atoms with Gasteiger partial charge in [0, 0.05) is 13.6 Å². The lowest BCUT2D eigenvalue weighted by Gasteiger charge is -2.32. The Kier molecular flexibility index (Phi) is 8.94. The first kappa shape index (κ1) is 27.7. The molecule has 196 valence electrons. The van der Waals surface area contributed by atoms with Gasteiger partial charge in [0.2, 0.25) is 11.8 Å². The molecule has 0 spiro atoms. The number of anilines is 1. The van der Waals surface area contributed by atoms with E-state index in [1.165, 1.54) is 31.2 Å². The summed E-state index contributed by atoms with van der Waals surface area (Å²) in [6.45, 7) is 5.08. The van der Waals surface area contributed by atoms with Crippen LogP contribution in [0.5, 0.6) is 5.75 Å². The molecule has 0 aliphatic carbocycles. The Bertz CT molecular complexity index is 1340. The quantitative estimate of drug-likeness (QED) is 0.438. The number of methoxy groups -OCH3 is 1. The number of nitrogens with one attached hydrogen (secondary N) is 1. The van der Waals surface area contributed by atoms with E-state index in [1.54, 1.807) is 43.3 Å². The highest BCUT2D eigenvalue weighted by Crippen LogP contribution is 2.27. The molecule has 0 heterocycles. The van der Waals surface area contributed by atoms with Crippen LogP contribution in [0.15, 0.2) is 77.7 Å². The van der Waals surface area contributed by atoms with E-state index in [0.717, 1.165) is 21.0 Å².